The molecule has 4 rings (SSSR count). The number of aromatic nitrogens is 3. The lowest BCUT2D eigenvalue weighted by Crippen LogP contribution is -2.24. The molecule has 29 heavy (non-hydrogen) atoms. The Balaban J connectivity index is 1.56. The van der Waals surface area contributed by atoms with Gasteiger partial charge in [0.2, 0.25) is 5.91 Å². The molecule has 2 aromatic carbocycles. The number of anilines is 1. The lowest BCUT2D eigenvalue weighted by atomic mass is 9.83. The number of rotatable bonds is 5. The van der Waals surface area contributed by atoms with Gasteiger partial charge in [-0.1, -0.05) is 48.2 Å². The standard InChI is InChI=1S/C21H18N4O3S/c1-12(2)25-11-22-24-21(25)29-10-17(26)23-16-9-5-8-15-18(16)20(28)14-7-4-3-6-13(14)19(15)27/h3-9,11-12H,10H2,1-2H3,(H,23,26). The summed E-state index contributed by atoms with van der Waals surface area (Å²) in [6, 6.07) is 11.8. The lowest BCUT2D eigenvalue weighted by Gasteiger charge is -2.20. The van der Waals surface area contributed by atoms with Gasteiger partial charge < -0.3 is 9.88 Å². The van der Waals surface area contributed by atoms with Crippen LogP contribution >= 0.6 is 11.8 Å². The zero-order valence-electron chi connectivity index (χ0n) is 15.9. The molecule has 0 saturated carbocycles. The quantitative estimate of drug-likeness (QED) is 0.511. The minimum absolute atomic E-state index is 0.105. The van der Waals surface area contributed by atoms with Gasteiger partial charge in [0.15, 0.2) is 16.7 Å². The van der Waals surface area contributed by atoms with Gasteiger partial charge in [0.25, 0.3) is 0 Å². The third-order valence-corrected chi connectivity index (χ3v) is 5.61. The summed E-state index contributed by atoms with van der Waals surface area (Å²) in [4.78, 5) is 38.3. The van der Waals surface area contributed by atoms with E-state index in [1.165, 1.54) is 11.8 Å². The highest BCUT2D eigenvalue weighted by Gasteiger charge is 2.31. The molecule has 1 N–H and O–H groups in total. The number of amides is 1. The van der Waals surface area contributed by atoms with Crippen molar-refractivity contribution in [1.82, 2.24) is 14.8 Å². The SMILES string of the molecule is CC(C)n1cnnc1SCC(=O)Nc1cccc2c1C(=O)c1ccccc1C2=O. The summed E-state index contributed by atoms with van der Waals surface area (Å²) in [5.41, 5.74) is 1.62. The molecule has 1 heterocycles. The van der Waals surface area contributed by atoms with Gasteiger partial charge in [-0.15, -0.1) is 10.2 Å². The number of nitrogens with zero attached hydrogens (tertiary/aromatic N) is 3. The van der Waals surface area contributed by atoms with Crippen molar-refractivity contribution in [2.75, 3.05) is 11.1 Å². The van der Waals surface area contributed by atoms with Crippen LogP contribution in [0.5, 0.6) is 0 Å². The zero-order valence-corrected chi connectivity index (χ0v) is 16.7. The first-order valence-corrected chi connectivity index (χ1v) is 10.1. The van der Waals surface area contributed by atoms with E-state index in [2.05, 4.69) is 15.5 Å². The normalized spacial score (nSPS) is 12.7. The number of hydrogen-bond donors (Lipinski definition) is 1. The maximum absolute atomic E-state index is 13.0. The van der Waals surface area contributed by atoms with E-state index in [9.17, 15) is 14.4 Å². The van der Waals surface area contributed by atoms with Gasteiger partial charge in [-0.25, -0.2) is 0 Å². The van der Waals surface area contributed by atoms with Gasteiger partial charge in [-0.2, -0.15) is 0 Å². The third kappa shape index (κ3) is 3.47. The van der Waals surface area contributed by atoms with Gasteiger partial charge in [0, 0.05) is 22.7 Å². The molecule has 8 heteroatoms. The molecule has 0 spiro atoms. The molecule has 146 valence electrons. The molecule has 0 aliphatic heterocycles. The van der Waals surface area contributed by atoms with E-state index in [1.54, 1.807) is 48.8 Å². The summed E-state index contributed by atoms with van der Waals surface area (Å²) in [6.07, 6.45) is 1.63. The van der Waals surface area contributed by atoms with Gasteiger partial charge in [-0.05, 0) is 19.9 Å². The van der Waals surface area contributed by atoms with Gasteiger partial charge >= 0.3 is 0 Å². The summed E-state index contributed by atoms with van der Waals surface area (Å²) in [7, 11) is 0. The number of nitrogens with one attached hydrogen (secondary N) is 1. The fraction of sp³-hybridized carbons (Fsp3) is 0.190. The monoisotopic (exact) mass is 406 g/mol. The fourth-order valence-electron chi connectivity index (χ4n) is 3.26. The molecule has 1 amide bonds. The predicted molar refractivity (Wildman–Crippen MR) is 110 cm³/mol. The highest BCUT2D eigenvalue weighted by molar-refractivity contribution is 7.99. The second-order valence-corrected chi connectivity index (χ2v) is 7.83. The first-order chi connectivity index (χ1) is 14.0. The topological polar surface area (TPSA) is 93.9 Å². The number of benzene rings is 2. The molecule has 0 atom stereocenters. The summed E-state index contributed by atoms with van der Waals surface area (Å²) >= 11 is 1.26. The van der Waals surface area contributed by atoms with Crippen LogP contribution in [-0.2, 0) is 4.79 Å². The largest absolute Gasteiger partial charge is 0.325 e. The van der Waals surface area contributed by atoms with E-state index in [-0.39, 0.29) is 34.8 Å². The number of carbonyl (C=O) groups is 3. The van der Waals surface area contributed by atoms with Gasteiger partial charge in [-0.3, -0.25) is 14.4 Å². The van der Waals surface area contributed by atoms with E-state index in [1.807, 2.05) is 18.4 Å². The molecular formula is C21H18N4O3S. The van der Waals surface area contributed by atoms with Crippen molar-refractivity contribution in [3.8, 4) is 0 Å². The molecular weight excluding hydrogens is 388 g/mol. The molecule has 3 aromatic rings. The first-order valence-electron chi connectivity index (χ1n) is 9.11. The van der Waals surface area contributed by atoms with E-state index in [0.29, 0.717) is 27.5 Å². The lowest BCUT2D eigenvalue weighted by molar-refractivity contribution is -0.113. The average Bonchev–Trinajstić information content (AvgIpc) is 3.19. The number of fused-ring (bicyclic) bond motifs is 2. The van der Waals surface area contributed by atoms with Crippen LogP contribution in [0.3, 0.4) is 0 Å². The molecule has 0 saturated heterocycles. The molecule has 0 bridgehead atoms. The molecule has 1 aliphatic carbocycles. The van der Waals surface area contributed by atoms with Crippen molar-refractivity contribution in [2.24, 2.45) is 0 Å². The van der Waals surface area contributed by atoms with Crippen LogP contribution in [-0.4, -0.2) is 38.0 Å². The third-order valence-electron chi connectivity index (χ3n) is 4.66. The summed E-state index contributed by atoms with van der Waals surface area (Å²) in [5, 5.41) is 11.3. The Morgan fingerprint density at radius 2 is 1.72 bits per heavy atom. The Morgan fingerprint density at radius 3 is 2.45 bits per heavy atom. The molecule has 1 aromatic heterocycles. The molecule has 7 nitrogen and oxygen atoms in total. The van der Waals surface area contributed by atoms with E-state index < -0.39 is 0 Å². The summed E-state index contributed by atoms with van der Waals surface area (Å²) < 4.78 is 1.88. The van der Waals surface area contributed by atoms with Gasteiger partial charge in [0.05, 0.1) is 17.0 Å². The fourth-order valence-corrected chi connectivity index (χ4v) is 4.10. The van der Waals surface area contributed by atoms with Crippen LogP contribution in [0.2, 0.25) is 0 Å². The van der Waals surface area contributed by atoms with Gasteiger partial charge in [0.1, 0.15) is 6.33 Å². The number of ketones is 2. The minimum Gasteiger partial charge on any atom is -0.325 e. The van der Waals surface area contributed by atoms with Crippen LogP contribution in [0.4, 0.5) is 5.69 Å². The average molecular weight is 406 g/mol. The molecule has 0 unspecified atom stereocenters. The van der Waals surface area contributed by atoms with E-state index >= 15 is 0 Å². The Morgan fingerprint density at radius 1 is 1.03 bits per heavy atom. The Kier molecular flexibility index (Phi) is 5.02. The van der Waals surface area contributed by atoms with Crippen molar-refractivity contribution in [3.05, 3.63) is 71.0 Å². The smallest absolute Gasteiger partial charge is 0.234 e. The number of thioether (sulfide) groups is 1. The Bertz CT molecular complexity index is 1140. The van der Waals surface area contributed by atoms with Crippen LogP contribution in [0.15, 0.2) is 53.9 Å². The van der Waals surface area contributed by atoms with Crippen molar-refractivity contribution in [2.45, 2.75) is 25.0 Å². The van der Waals surface area contributed by atoms with E-state index in [4.69, 9.17) is 0 Å². The maximum atomic E-state index is 13.0. The molecule has 1 aliphatic rings. The minimum atomic E-state index is -0.291. The zero-order chi connectivity index (χ0) is 20.5. The Labute approximate surface area is 171 Å². The predicted octanol–water partition coefficient (Wildman–Crippen LogP) is 3.37. The highest BCUT2D eigenvalue weighted by atomic mass is 32.2. The first kappa shape index (κ1) is 19.1. The van der Waals surface area contributed by atoms with Crippen LogP contribution in [0.25, 0.3) is 0 Å². The summed E-state index contributed by atoms with van der Waals surface area (Å²) in [5.74, 6) is -0.668. The van der Waals surface area contributed by atoms with E-state index in [0.717, 1.165) is 0 Å². The van der Waals surface area contributed by atoms with Crippen LogP contribution in [0, 0.1) is 0 Å². The second-order valence-electron chi connectivity index (χ2n) is 6.88. The van der Waals surface area contributed by atoms with Crippen molar-refractivity contribution < 1.29 is 14.4 Å². The van der Waals surface area contributed by atoms with Crippen molar-refractivity contribution in [3.63, 3.8) is 0 Å². The van der Waals surface area contributed by atoms with Crippen LogP contribution < -0.4 is 5.32 Å². The molecule has 0 fully saturated rings. The number of hydrogen-bond acceptors (Lipinski definition) is 6. The number of carbonyl (C=O) groups excluding carboxylic acids is 3. The Hall–Kier alpha value is -3.26. The van der Waals surface area contributed by atoms with Crippen molar-refractivity contribution >= 4 is 34.9 Å². The summed E-state index contributed by atoms with van der Waals surface area (Å²) in [6.45, 7) is 4.01. The highest BCUT2D eigenvalue weighted by Crippen LogP contribution is 2.32. The maximum Gasteiger partial charge on any atom is 0.234 e. The van der Waals surface area contributed by atoms with Crippen molar-refractivity contribution in [1.29, 1.82) is 0 Å². The second kappa shape index (κ2) is 7.63. The van der Waals surface area contributed by atoms with Crippen LogP contribution in [0.1, 0.15) is 51.7 Å². The molecule has 0 radical (unpaired) electrons.